The smallest absolute Gasteiger partial charge is 0.231 e. The molecule has 0 radical (unpaired) electrons. The monoisotopic (exact) mass is 442 g/mol. The molecule has 32 heavy (non-hydrogen) atoms. The molecular formula is C25H26N6S. The van der Waals surface area contributed by atoms with Crippen LogP contribution in [0.4, 0.5) is 27.9 Å². The lowest BCUT2D eigenvalue weighted by Gasteiger charge is -2.20. The summed E-state index contributed by atoms with van der Waals surface area (Å²) in [5.41, 5.74) is 6.75. The zero-order chi connectivity index (χ0) is 22.5. The third-order valence-electron chi connectivity index (χ3n) is 5.22. The zero-order valence-corrected chi connectivity index (χ0v) is 19.6. The van der Waals surface area contributed by atoms with Crippen LogP contribution in [0.3, 0.4) is 0 Å². The van der Waals surface area contributed by atoms with E-state index in [0.29, 0.717) is 5.13 Å². The van der Waals surface area contributed by atoms with Crippen molar-refractivity contribution in [2.45, 2.75) is 27.7 Å². The van der Waals surface area contributed by atoms with Crippen LogP contribution >= 0.6 is 11.3 Å². The number of azo groups is 2. The fraction of sp³-hybridized carbons (Fsp3) is 0.240. The van der Waals surface area contributed by atoms with Crippen molar-refractivity contribution >= 4 is 49.4 Å². The van der Waals surface area contributed by atoms with E-state index in [1.807, 2.05) is 43.3 Å². The third kappa shape index (κ3) is 5.06. The molecule has 0 saturated carbocycles. The Morgan fingerprint density at radius 2 is 1.50 bits per heavy atom. The van der Waals surface area contributed by atoms with Crippen LogP contribution in [0.5, 0.6) is 0 Å². The average molecular weight is 443 g/mol. The summed E-state index contributed by atoms with van der Waals surface area (Å²) in [6.07, 6.45) is 0. The minimum Gasteiger partial charge on any atom is -0.372 e. The van der Waals surface area contributed by atoms with Gasteiger partial charge in [0.15, 0.2) is 0 Å². The Bertz CT molecular complexity index is 1270. The molecule has 1 heterocycles. The number of nitrogens with zero attached hydrogens (tertiary/aromatic N) is 6. The van der Waals surface area contributed by atoms with Gasteiger partial charge in [0.2, 0.25) is 5.13 Å². The number of hydrogen-bond donors (Lipinski definition) is 0. The van der Waals surface area contributed by atoms with E-state index < -0.39 is 0 Å². The van der Waals surface area contributed by atoms with E-state index in [1.165, 1.54) is 11.3 Å². The second-order valence-corrected chi connectivity index (χ2v) is 8.54. The first kappa shape index (κ1) is 21.8. The van der Waals surface area contributed by atoms with Crippen molar-refractivity contribution in [1.82, 2.24) is 4.98 Å². The summed E-state index contributed by atoms with van der Waals surface area (Å²) in [6.45, 7) is 10.3. The van der Waals surface area contributed by atoms with Crippen LogP contribution in [-0.4, -0.2) is 18.1 Å². The van der Waals surface area contributed by atoms with Crippen molar-refractivity contribution in [3.63, 3.8) is 0 Å². The lowest BCUT2D eigenvalue weighted by molar-refractivity contribution is 0.866. The molecular weight excluding hydrogens is 416 g/mol. The van der Waals surface area contributed by atoms with Gasteiger partial charge in [-0.3, -0.25) is 0 Å². The first-order valence-corrected chi connectivity index (χ1v) is 11.5. The fourth-order valence-electron chi connectivity index (χ4n) is 3.41. The molecule has 6 nitrogen and oxygen atoms in total. The Labute approximate surface area is 192 Å². The zero-order valence-electron chi connectivity index (χ0n) is 18.8. The fourth-order valence-corrected chi connectivity index (χ4v) is 4.29. The lowest BCUT2D eigenvalue weighted by atomic mass is 10.2. The van der Waals surface area contributed by atoms with E-state index in [2.05, 4.69) is 75.4 Å². The molecule has 0 unspecified atom stereocenters. The topological polar surface area (TPSA) is 65.6 Å². The third-order valence-corrected chi connectivity index (χ3v) is 6.12. The maximum Gasteiger partial charge on any atom is 0.231 e. The van der Waals surface area contributed by atoms with Crippen LogP contribution in [0.1, 0.15) is 25.0 Å². The molecule has 162 valence electrons. The summed E-state index contributed by atoms with van der Waals surface area (Å²) in [6, 6.07) is 20.1. The number of aryl methyl sites for hydroxylation is 2. The van der Waals surface area contributed by atoms with Crippen molar-refractivity contribution < 1.29 is 0 Å². The van der Waals surface area contributed by atoms with E-state index in [1.54, 1.807) is 11.3 Å². The summed E-state index contributed by atoms with van der Waals surface area (Å²) in [5, 5.41) is 18.1. The molecule has 1 aromatic heterocycles. The minimum atomic E-state index is 0.655. The van der Waals surface area contributed by atoms with Gasteiger partial charge in [-0.15, -0.1) is 10.2 Å². The molecule has 0 saturated heterocycles. The highest BCUT2D eigenvalue weighted by atomic mass is 32.1. The molecule has 0 spiro atoms. The van der Waals surface area contributed by atoms with Crippen molar-refractivity contribution in [2.24, 2.45) is 20.5 Å². The molecule has 0 bridgehead atoms. The lowest BCUT2D eigenvalue weighted by Crippen LogP contribution is -2.21. The van der Waals surface area contributed by atoms with Crippen LogP contribution in [0.25, 0.3) is 10.2 Å². The van der Waals surface area contributed by atoms with E-state index in [4.69, 9.17) is 0 Å². The molecule has 4 aromatic rings. The van der Waals surface area contributed by atoms with Gasteiger partial charge in [0.1, 0.15) is 0 Å². The predicted octanol–water partition coefficient (Wildman–Crippen LogP) is 8.59. The number of hydrogen-bond acceptors (Lipinski definition) is 7. The van der Waals surface area contributed by atoms with E-state index >= 15 is 0 Å². The molecule has 0 aliphatic rings. The van der Waals surface area contributed by atoms with Crippen LogP contribution in [0.2, 0.25) is 0 Å². The molecule has 0 fully saturated rings. The van der Waals surface area contributed by atoms with Crippen LogP contribution < -0.4 is 4.90 Å². The molecule has 3 aromatic carbocycles. The molecule has 7 heteroatoms. The Kier molecular flexibility index (Phi) is 6.66. The van der Waals surface area contributed by atoms with Crippen molar-refractivity contribution in [3.05, 3.63) is 71.8 Å². The van der Waals surface area contributed by atoms with Gasteiger partial charge in [-0.05, 0) is 93.4 Å². The van der Waals surface area contributed by atoms with E-state index in [-0.39, 0.29) is 0 Å². The minimum absolute atomic E-state index is 0.655. The second-order valence-electron chi connectivity index (χ2n) is 7.53. The number of benzene rings is 3. The van der Waals surface area contributed by atoms with Crippen LogP contribution in [-0.2, 0) is 0 Å². The Morgan fingerprint density at radius 1 is 0.781 bits per heavy atom. The van der Waals surface area contributed by atoms with Gasteiger partial charge in [0, 0.05) is 18.8 Å². The highest BCUT2D eigenvalue weighted by molar-refractivity contribution is 7.21. The first-order valence-electron chi connectivity index (χ1n) is 10.7. The summed E-state index contributed by atoms with van der Waals surface area (Å²) in [4.78, 5) is 6.83. The van der Waals surface area contributed by atoms with Crippen molar-refractivity contribution in [2.75, 3.05) is 18.0 Å². The van der Waals surface area contributed by atoms with Crippen molar-refractivity contribution in [1.29, 1.82) is 0 Å². The molecule has 0 N–H and O–H groups in total. The standard InChI is InChI=1S/C25H26N6S/c1-5-31(6-2)21-11-8-19(9-12-21)27-28-20-10-14-22(18(4)16-20)29-30-25-26-23-13-7-17(3)15-24(23)32-25/h7-16H,5-6H2,1-4H3. The Morgan fingerprint density at radius 3 is 2.22 bits per heavy atom. The maximum absolute atomic E-state index is 4.53. The molecule has 0 aliphatic carbocycles. The van der Waals surface area contributed by atoms with Gasteiger partial charge in [0.25, 0.3) is 0 Å². The number of anilines is 1. The molecule has 0 amide bonds. The summed E-state index contributed by atoms with van der Waals surface area (Å²) < 4.78 is 1.12. The summed E-state index contributed by atoms with van der Waals surface area (Å²) in [5.74, 6) is 0. The maximum atomic E-state index is 4.53. The average Bonchev–Trinajstić information content (AvgIpc) is 3.20. The number of aromatic nitrogens is 1. The Balaban J connectivity index is 1.46. The Hall–Kier alpha value is -3.45. The molecule has 0 atom stereocenters. The van der Waals surface area contributed by atoms with Gasteiger partial charge in [-0.2, -0.15) is 10.2 Å². The molecule has 0 aliphatic heterocycles. The number of fused-ring (bicyclic) bond motifs is 1. The van der Waals surface area contributed by atoms with E-state index in [0.717, 1.165) is 45.9 Å². The van der Waals surface area contributed by atoms with Gasteiger partial charge < -0.3 is 4.90 Å². The van der Waals surface area contributed by atoms with Crippen LogP contribution in [0, 0.1) is 13.8 Å². The quantitative estimate of drug-likeness (QED) is 0.269. The van der Waals surface area contributed by atoms with Crippen molar-refractivity contribution in [3.8, 4) is 0 Å². The highest BCUT2D eigenvalue weighted by Crippen LogP contribution is 2.32. The SMILES string of the molecule is CCN(CC)c1ccc(N=Nc2ccc(N=Nc3nc4ccc(C)cc4s3)c(C)c2)cc1. The van der Waals surface area contributed by atoms with Crippen LogP contribution in [0.15, 0.2) is 81.1 Å². The number of rotatable bonds is 7. The second kappa shape index (κ2) is 9.78. The van der Waals surface area contributed by atoms with E-state index in [9.17, 15) is 0 Å². The van der Waals surface area contributed by atoms with Gasteiger partial charge >= 0.3 is 0 Å². The van der Waals surface area contributed by atoms with Gasteiger partial charge in [0.05, 0.1) is 27.3 Å². The van der Waals surface area contributed by atoms with Gasteiger partial charge in [-0.25, -0.2) is 4.98 Å². The molecule has 4 rings (SSSR count). The first-order chi connectivity index (χ1) is 15.6. The predicted molar refractivity (Wildman–Crippen MR) is 134 cm³/mol. The normalized spacial score (nSPS) is 11.8. The van der Waals surface area contributed by atoms with Gasteiger partial charge in [-0.1, -0.05) is 17.4 Å². The summed E-state index contributed by atoms with van der Waals surface area (Å²) >= 11 is 1.54. The summed E-state index contributed by atoms with van der Waals surface area (Å²) in [7, 11) is 0. The highest BCUT2D eigenvalue weighted by Gasteiger charge is 2.05. The number of thiazole rings is 1. The largest absolute Gasteiger partial charge is 0.372 e.